The van der Waals surface area contributed by atoms with Crippen LogP contribution in [0.2, 0.25) is 5.02 Å². The fourth-order valence-corrected chi connectivity index (χ4v) is 4.01. The molecule has 3 rings (SSSR count). The van der Waals surface area contributed by atoms with Gasteiger partial charge in [-0.1, -0.05) is 29.4 Å². The number of aromatic carboxylic acids is 1. The molecular formula is C15H17ClN4O2S. The zero-order valence-electron chi connectivity index (χ0n) is 12.6. The zero-order chi connectivity index (χ0) is 16.4. The van der Waals surface area contributed by atoms with E-state index in [9.17, 15) is 4.79 Å². The van der Waals surface area contributed by atoms with Crippen LogP contribution in [0.25, 0.3) is 0 Å². The molecule has 0 radical (unpaired) electrons. The molecule has 0 unspecified atom stereocenters. The number of nitrogens with zero attached hydrogens (tertiary/aromatic N) is 3. The van der Waals surface area contributed by atoms with E-state index in [2.05, 4.69) is 27.2 Å². The maximum atomic E-state index is 11.1. The highest BCUT2D eigenvalue weighted by molar-refractivity contribution is 7.99. The van der Waals surface area contributed by atoms with Gasteiger partial charge in [0.25, 0.3) is 0 Å². The van der Waals surface area contributed by atoms with Crippen LogP contribution in [0.4, 0.5) is 5.69 Å². The zero-order valence-corrected chi connectivity index (χ0v) is 14.2. The van der Waals surface area contributed by atoms with Crippen molar-refractivity contribution in [2.45, 2.75) is 30.0 Å². The van der Waals surface area contributed by atoms with Crippen molar-refractivity contribution in [1.29, 1.82) is 0 Å². The number of hydrogen-bond donors (Lipinski definition) is 2. The topological polar surface area (TPSA) is 82.1 Å². The second-order valence-electron chi connectivity index (χ2n) is 5.52. The van der Waals surface area contributed by atoms with E-state index in [4.69, 9.17) is 16.7 Å². The molecular weight excluding hydrogens is 336 g/mol. The van der Waals surface area contributed by atoms with Crippen LogP contribution in [0.15, 0.2) is 23.2 Å². The Bertz CT molecular complexity index is 713. The van der Waals surface area contributed by atoms with Gasteiger partial charge in [-0.05, 0) is 37.5 Å². The number of thioether (sulfide) groups is 1. The highest BCUT2D eigenvalue weighted by Crippen LogP contribution is 2.33. The van der Waals surface area contributed by atoms with E-state index in [0.717, 1.165) is 31.0 Å². The van der Waals surface area contributed by atoms with Crippen molar-refractivity contribution in [3.63, 3.8) is 0 Å². The summed E-state index contributed by atoms with van der Waals surface area (Å²) in [5.74, 6) is -1.05. The molecule has 1 aliphatic rings. The summed E-state index contributed by atoms with van der Waals surface area (Å²) in [4.78, 5) is 13.4. The summed E-state index contributed by atoms with van der Waals surface area (Å²) in [6.45, 7) is 3.92. The average molecular weight is 353 g/mol. The van der Waals surface area contributed by atoms with E-state index in [1.54, 1.807) is 0 Å². The predicted molar refractivity (Wildman–Crippen MR) is 90.6 cm³/mol. The number of aromatic amines is 1. The Morgan fingerprint density at radius 3 is 2.83 bits per heavy atom. The number of anilines is 1. The molecule has 6 nitrogen and oxygen atoms in total. The summed E-state index contributed by atoms with van der Waals surface area (Å²) in [7, 11) is 0. The Kier molecular flexibility index (Phi) is 4.77. The van der Waals surface area contributed by atoms with E-state index in [1.165, 1.54) is 23.0 Å². The van der Waals surface area contributed by atoms with Crippen LogP contribution in [0.3, 0.4) is 0 Å². The summed E-state index contributed by atoms with van der Waals surface area (Å²) in [5.41, 5.74) is 2.39. The van der Waals surface area contributed by atoms with Crippen molar-refractivity contribution >= 4 is 35.0 Å². The first-order chi connectivity index (χ1) is 11.0. The third kappa shape index (κ3) is 3.61. The summed E-state index contributed by atoms with van der Waals surface area (Å²) in [5, 5.41) is 20.7. The molecule has 0 aliphatic carbocycles. The standard InChI is InChI=1S/C15H17ClN4O2S/c1-9-2-3-10(16)8-12(9)20-6-4-11(5-7-20)23-14-13(15(21)22)17-19-18-14/h2-3,8,11H,4-7H2,1H3,(H,21,22)(H,17,18,19). The maximum absolute atomic E-state index is 11.1. The van der Waals surface area contributed by atoms with E-state index < -0.39 is 5.97 Å². The van der Waals surface area contributed by atoms with Crippen LogP contribution in [0.1, 0.15) is 28.9 Å². The summed E-state index contributed by atoms with van der Waals surface area (Å²) >= 11 is 7.59. The van der Waals surface area contributed by atoms with Gasteiger partial charge < -0.3 is 10.0 Å². The number of aromatic nitrogens is 3. The first-order valence-electron chi connectivity index (χ1n) is 7.36. The molecule has 1 aromatic carbocycles. The summed E-state index contributed by atoms with van der Waals surface area (Å²) in [6, 6.07) is 5.94. The lowest BCUT2D eigenvalue weighted by Gasteiger charge is -2.34. The van der Waals surface area contributed by atoms with Crippen molar-refractivity contribution in [1.82, 2.24) is 15.4 Å². The number of carbonyl (C=O) groups is 1. The summed E-state index contributed by atoms with van der Waals surface area (Å²) < 4.78 is 0. The fraction of sp³-hybridized carbons (Fsp3) is 0.400. The van der Waals surface area contributed by atoms with Crippen molar-refractivity contribution < 1.29 is 9.90 Å². The molecule has 1 aromatic heterocycles. The molecule has 2 aromatic rings. The van der Waals surface area contributed by atoms with Crippen LogP contribution >= 0.6 is 23.4 Å². The number of piperidine rings is 1. The molecule has 0 amide bonds. The number of halogens is 1. The van der Waals surface area contributed by atoms with Crippen molar-refractivity contribution in [2.24, 2.45) is 0 Å². The largest absolute Gasteiger partial charge is 0.476 e. The number of aryl methyl sites for hydroxylation is 1. The monoisotopic (exact) mass is 352 g/mol. The quantitative estimate of drug-likeness (QED) is 0.879. The molecule has 122 valence electrons. The Balaban J connectivity index is 1.63. The molecule has 0 bridgehead atoms. The van der Waals surface area contributed by atoms with Crippen molar-refractivity contribution in [2.75, 3.05) is 18.0 Å². The van der Waals surface area contributed by atoms with Gasteiger partial charge in [-0.3, -0.25) is 0 Å². The molecule has 2 heterocycles. The number of carboxylic acids is 1. The molecule has 2 N–H and O–H groups in total. The Hall–Kier alpha value is -1.73. The third-order valence-electron chi connectivity index (χ3n) is 3.95. The highest BCUT2D eigenvalue weighted by atomic mass is 35.5. The van der Waals surface area contributed by atoms with Crippen LogP contribution in [-0.4, -0.2) is 44.8 Å². The van der Waals surface area contributed by atoms with Crippen LogP contribution in [0, 0.1) is 6.92 Å². The predicted octanol–water partition coefficient (Wildman–Crippen LogP) is 3.23. The first-order valence-corrected chi connectivity index (χ1v) is 8.62. The average Bonchev–Trinajstić information content (AvgIpc) is 2.99. The second-order valence-corrected chi connectivity index (χ2v) is 7.24. The molecule has 23 heavy (non-hydrogen) atoms. The lowest BCUT2D eigenvalue weighted by molar-refractivity contribution is 0.0686. The molecule has 0 saturated carbocycles. The van der Waals surface area contributed by atoms with Gasteiger partial charge in [0, 0.05) is 29.0 Å². The molecule has 1 fully saturated rings. The van der Waals surface area contributed by atoms with Gasteiger partial charge in [-0.25, -0.2) is 4.79 Å². The van der Waals surface area contributed by atoms with Gasteiger partial charge >= 0.3 is 5.97 Å². The molecule has 0 atom stereocenters. The number of nitrogens with one attached hydrogen (secondary N) is 1. The molecule has 8 heteroatoms. The number of H-pyrrole nitrogens is 1. The minimum absolute atomic E-state index is 0.00288. The number of rotatable bonds is 4. The highest BCUT2D eigenvalue weighted by Gasteiger charge is 2.25. The Morgan fingerprint density at radius 2 is 2.13 bits per heavy atom. The summed E-state index contributed by atoms with van der Waals surface area (Å²) in [6.07, 6.45) is 1.92. The van der Waals surface area contributed by atoms with E-state index in [0.29, 0.717) is 10.3 Å². The SMILES string of the molecule is Cc1ccc(Cl)cc1N1CCC(Sc2n[nH]nc2C(=O)O)CC1. The molecule has 0 spiro atoms. The van der Waals surface area contributed by atoms with Crippen LogP contribution < -0.4 is 4.90 Å². The van der Waals surface area contributed by atoms with Gasteiger partial charge in [0.2, 0.25) is 5.69 Å². The third-order valence-corrected chi connectivity index (χ3v) is 5.50. The van der Waals surface area contributed by atoms with Gasteiger partial charge in [0.05, 0.1) is 0 Å². The Morgan fingerprint density at radius 1 is 1.39 bits per heavy atom. The number of carboxylic acid groups (broad SMARTS) is 1. The second kappa shape index (κ2) is 6.80. The van der Waals surface area contributed by atoms with Crippen LogP contribution in [0.5, 0.6) is 0 Å². The minimum Gasteiger partial charge on any atom is -0.476 e. The van der Waals surface area contributed by atoms with E-state index >= 15 is 0 Å². The normalized spacial score (nSPS) is 15.8. The molecule has 1 aliphatic heterocycles. The lowest BCUT2D eigenvalue weighted by Crippen LogP contribution is -2.35. The van der Waals surface area contributed by atoms with Crippen molar-refractivity contribution in [3.8, 4) is 0 Å². The van der Waals surface area contributed by atoms with Gasteiger partial charge in [0.15, 0.2) is 5.03 Å². The smallest absolute Gasteiger partial charge is 0.359 e. The fourth-order valence-electron chi connectivity index (χ4n) is 2.74. The van der Waals surface area contributed by atoms with E-state index in [-0.39, 0.29) is 5.69 Å². The lowest BCUT2D eigenvalue weighted by atomic mass is 10.1. The van der Waals surface area contributed by atoms with Gasteiger partial charge in [0.1, 0.15) is 0 Å². The maximum Gasteiger partial charge on any atom is 0.359 e. The van der Waals surface area contributed by atoms with E-state index in [1.807, 2.05) is 18.2 Å². The number of hydrogen-bond acceptors (Lipinski definition) is 5. The minimum atomic E-state index is -1.05. The Labute approximate surface area is 143 Å². The van der Waals surface area contributed by atoms with Gasteiger partial charge in [-0.2, -0.15) is 5.21 Å². The molecule has 1 saturated heterocycles. The van der Waals surface area contributed by atoms with Crippen molar-refractivity contribution in [3.05, 3.63) is 34.5 Å². The van der Waals surface area contributed by atoms with Gasteiger partial charge in [-0.15, -0.1) is 10.2 Å². The number of benzene rings is 1. The first kappa shape index (κ1) is 16.1. The van der Waals surface area contributed by atoms with Crippen LogP contribution in [-0.2, 0) is 0 Å².